The Labute approximate surface area is 141 Å². The number of sulfonamides is 1. The molecule has 0 bridgehead atoms. The van der Waals surface area contributed by atoms with Gasteiger partial charge in [-0.25, -0.2) is 17.7 Å². The van der Waals surface area contributed by atoms with Gasteiger partial charge in [0, 0.05) is 33.9 Å². The van der Waals surface area contributed by atoms with Crippen LogP contribution in [0.15, 0.2) is 47.5 Å². The molecule has 0 radical (unpaired) electrons. The zero-order chi connectivity index (χ0) is 17.7. The molecule has 24 heavy (non-hydrogen) atoms. The van der Waals surface area contributed by atoms with Crippen molar-refractivity contribution in [1.29, 1.82) is 0 Å². The fraction of sp³-hybridized carbons (Fsp3) is 0.250. The van der Waals surface area contributed by atoms with Crippen molar-refractivity contribution >= 4 is 21.7 Å². The number of hydrogen-bond acceptors (Lipinski definition) is 5. The number of carbonyl (C=O) groups excluding carboxylic acids is 1. The predicted octanol–water partition coefficient (Wildman–Crippen LogP) is 1.30. The van der Waals surface area contributed by atoms with Crippen LogP contribution >= 0.6 is 0 Å². The van der Waals surface area contributed by atoms with Gasteiger partial charge in [0.1, 0.15) is 5.82 Å². The second-order valence-corrected chi connectivity index (χ2v) is 7.42. The van der Waals surface area contributed by atoms with E-state index in [4.69, 9.17) is 0 Å². The molecule has 0 aliphatic heterocycles. The molecule has 1 aromatic heterocycles. The van der Waals surface area contributed by atoms with Crippen LogP contribution in [0.5, 0.6) is 0 Å². The Morgan fingerprint density at radius 1 is 1.17 bits per heavy atom. The monoisotopic (exact) mass is 348 g/mol. The van der Waals surface area contributed by atoms with Gasteiger partial charge in [0.05, 0.1) is 10.5 Å². The largest absolute Gasteiger partial charge is 0.365 e. The maximum atomic E-state index is 12.0. The number of pyridine rings is 1. The van der Waals surface area contributed by atoms with Crippen LogP contribution in [0.3, 0.4) is 0 Å². The highest BCUT2D eigenvalue weighted by Gasteiger charge is 2.16. The van der Waals surface area contributed by atoms with E-state index < -0.39 is 10.0 Å². The van der Waals surface area contributed by atoms with Crippen LogP contribution in [0.1, 0.15) is 15.9 Å². The lowest BCUT2D eigenvalue weighted by Crippen LogP contribution is -2.22. The normalized spacial score (nSPS) is 11.3. The van der Waals surface area contributed by atoms with Crippen molar-refractivity contribution in [2.24, 2.45) is 0 Å². The van der Waals surface area contributed by atoms with E-state index in [9.17, 15) is 13.2 Å². The van der Waals surface area contributed by atoms with Gasteiger partial charge in [0.15, 0.2) is 0 Å². The first-order valence-electron chi connectivity index (χ1n) is 7.28. The molecule has 0 saturated heterocycles. The maximum Gasteiger partial charge on any atom is 0.254 e. The highest BCUT2D eigenvalue weighted by atomic mass is 32.2. The number of nitrogens with one attached hydrogen (secondary N) is 2. The summed E-state index contributed by atoms with van der Waals surface area (Å²) in [5, 5.41) is 5.66. The SMILES string of the molecule is CNC(=O)c1cccnc1NCc1ccc(S(=O)(=O)N(C)C)cc1. The summed E-state index contributed by atoms with van der Waals surface area (Å²) in [5.41, 5.74) is 1.33. The van der Waals surface area contributed by atoms with Crippen LogP contribution < -0.4 is 10.6 Å². The first-order valence-corrected chi connectivity index (χ1v) is 8.72. The van der Waals surface area contributed by atoms with Crippen LogP contribution in [0.25, 0.3) is 0 Å². The first kappa shape index (κ1) is 17.9. The molecular weight excluding hydrogens is 328 g/mol. The second-order valence-electron chi connectivity index (χ2n) is 5.26. The number of benzene rings is 1. The van der Waals surface area contributed by atoms with E-state index in [2.05, 4.69) is 15.6 Å². The van der Waals surface area contributed by atoms with Crippen LogP contribution in [0.4, 0.5) is 5.82 Å². The number of carbonyl (C=O) groups is 1. The molecule has 0 atom stereocenters. The van der Waals surface area contributed by atoms with Crippen molar-refractivity contribution in [3.05, 3.63) is 53.7 Å². The minimum absolute atomic E-state index is 0.224. The minimum atomic E-state index is -3.43. The number of rotatable bonds is 6. The summed E-state index contributed by atoms with van der Waals surface area (Å²) in [6, 6.07) is 9.95. The lowest BCUT2D eigenvalue weighted by atomic mass is 10.2. The van der Waals surface area contributed by atoms with Gasteiger partial charge in [0.25, 0.3) is 5.91 Å². The first-order chi connectivity index (χ1) is 11.4. The molecule has 2 aromatic rings. The van der Waals surface area contributed by atoms with Crippen molar-refractivity contribution in [3.8, 4) is 0 Å². The summed E-state index contributed by atoms with van der Waals surface area (Å²) in [7, 11) is 1.11. The number of hydrogen-bond donors (Lipinski definition) is 2. The molecule has 0 saturated carbocycles. The Balaban J connectivity index is 2.13. The molecule has 0 fully saturated rings. The van der Waals surface area contributed by atoms with Crippen molar-refractivity contribution in [3.63, 3.8) is 0 Å². The molecule has 0 spiro atoms. The lowest BCUT2D eigenvalue weighted by Gasteiger charge is -2.12. The molecule has 1 amide bonds. The zero-order valence-corrected chi connectivity index (χ0v) is 14.6. The third-order valence-corrected chi connectivity index (χ3v) is 5.27. The number of anilines is 1. The Bertz CT molecular complexity index is 817. The summed E-state index contributed by atoms with van der Waals surface area (Å²) in [6.45, 7) is 0.420. The van der Waals surface area contributed by atoms with E-state index in [-0.39, 0.29) is 10.8 Å². The van der Waals surface area contributed by atoms with Gasteiger partial charge in [-0.15, -0.1) is 0 Å². The molecule has 1 heterocycles. The van der Waals surface area contributed by atoms with E-state index >= 15 is 0 Å². The van der Waals surface area contributed by atoms with Gasteiger partial charge < -0.3 is 10.6 Å². The Kier molecular flexibility index (Phi) is 5.53. The summed E-state index contributed by atoms with van der Waals surface area (Å²) >= 11 is 0. The van der Waals surface area contributed by atoms with Crippen LogP contribution in [0.2, 0.25) is 0 Å². The Morgan fingerprint density at radius 3 is 2.42 bits per heavy atom. The fourth-order valence-corrected chi connectivity index (χ4v) is 2.94. The van der Waals surface area contributed by atoms with Crippen LogP contribution in [-0.4, -0.2) is 44.8 Å². The van der Waals surface area contributed by atoms with Crippen molar-refractivity contribution in [1.82, 2.24) is 14.6 Å². The van der Waals surface area contributed by atoms with E-state index in [1.165, 1.54) is 18.4 Å². The fourth-order valence-electron chi connectivity index (χ4n) is 2.04. The van der Waals surface area contributed by atoms with E-state index in [1.54, 1.807) is 49.6 Å². The molecule has 2 rings (SSSR count). The molecule has 0 aliphatic carbocycles. The smallest absolute Gasteiger partial charge is 0.254 e. The molecule has 0 aliphatic rings. The van der Waals surface area contributed by atoms with Gasteiger partial charge in [-0.05, 0) is 29.8 Å². The minimum Gasteiger partial charge on any atom is -0.365 e. The molecule has 7 nitrogen and oxygen atoms in total. The Hall–Kier alpha value is -2.45. The van der Waals surface area contributed by atoms with Crippen molar-refractivity contribution < 1.29 is 13.2 Å². The molecule has 8 heteroatoms. The average molecular weight is 348 g/mol. The highest BCUT2D eigenvalue weighted by molar-refractivity contribution is 7.89. The van der Waals surface area contributed by atoms with Gasteiger partial charge in [-0.3, -0.25) is 4.79 Å². The van der Waals surface area contributed by atoms with Crippen LogP contribution in [-0.2, 0) is 16.6 Å². The molecule has 2 N–H and O–H groups in total. The lowest BCUT2D eigenvalue weighted by molar-refractivity contribution is 0.0963. The van der Waals surface area contributed by atoms with E-state index in [0.29, 0.717) is 17.9 Å². The summed E-state index contributed by atoms with van der Waals surface area (Å²) in [6.07, 6.45) is 1.60. The van der Waals surface area contributed by atoms with Crippen LogP contribution in [0, 0.1) is 0 Å². The number of aromatic nitrogens is 1. The molecule has 0 unspecified atom stereocenters. The van der Waals surface area contributed by atoms with Gasteiger partial charge in [0.2, 0.25) is 10.0 Å². The Morgan fingerprint density at radius 2 is 1.83 bits per heavy atom. The standard InChI is InChI=1S/C16H20N4O3S/c1-17-16(21)14-5-4-10-18-15(14)19-11-12-6-8-13(9-7-12)24(22,23)20(2)3/h4-10H,11H2,1-3H3,(H,17,21)(H,18,19). The third kappa shape index (κ3) is 3.90. The van der Waals surface area contributed by atoms with E-state index in [1.807, 2.05) is 0 Å². The van der Waals surface area contributed by atoms with E-state index in [0.717, 1.165) is 5.56 Å². The van der Waals surface area contributed by atoms with Crippen molar-refractivity contribution in [2.75, 3.05) is 26.5 Å². The van der Waals surface area contributed by atoms with Gasteiger partial charge in [-0.1, -0.05) is 12.1 Å². The topological polar surface area (TPSA) is 91.4 Å². The quantitative estimate of drug-likeness (QED) is 0.821. The second kappa shape index (κ2) is 7.41. The number of amides is 1. The predicted molar refractivity (Wildman–Crippen MR) is 92.3 cm³/mol. The summed E-state index contributed by atoms with van der Waals surface area (Å²) in [5.74, 6) is 0.250. The van der Waals surface area contributed by atoms with Gasteiger partial charge >= 0.3 is 0 Å². The highest BCUT2D eigenvalue weighted by Crippen LogP contribution is 2.16. The zero-order valence-electron chi connectivity index (χ0n) is 13.8. The molecule has 1 aromatic carbocycles. The van der Waals surface area contributed by atoms with Crippen molar-refractivity contribution in [2.45, 2.75) is 11.4 Å². The summed E-state index contributed by atoms with van der Waals surface area (Å²) < 4.78 is 25.2. The number of nitrogens with zero attached hydrogens (tertiary/aromatic N) is 2. The summed E-state index contributed by atoms with van der Waals surface area (Å²) in [4.78, 5) is 16.2. The van der Waals surface area contributed by atoms with Gasteiger partial charge in [-0.2, -0.15) is 0 Å². The average Bonchev–Trinajstić information content (AvgIpc) is 2.59. The molecule has 128 valence electrons. The maximum absolute atomic E-state index is 12.0. The molecular formula is C16H20N4O3S. The third-order valence-electron chi connectivity index (χ3n) is 3.44.